The summed E-state index contributed by atoms with van der Waals surface area (Å²) in [6, 6.07) is 17.3. The number of para-hydroxylation sites is 2. The van der Waals surface area contributed by atoms with Gasteiger partial charge in [-0.1, -0.05) is 30.3 Å². The van der Waals surface area contributed by atoms with Gasteiger partial charge in [-0.15, -0.1) is 0 Å². The van der Waals surface area contributed by atoms with Gasteiger partial charge in [-0.25, -0.2) is 4.79 Å². The summed E-state index contributed by atoms with van der Waals surface area (Å²) in [6.45, 7) is 7.45. The molecule has 1 N–H and O–H groups in total. The van der Waals surface area contributed by atoms with Crippen molar-refractivity contribution in [3.63, 3.8) is 0 Å². The number of piperazine rings is 1. The lowest BCUT2D eigenvalue weighted by molar-refractivity contribution is 0.0141. The molecule has 2 amide bonds. The molecule has 0 spiro atoms. The number of carbonyl (C=O) groups is 2. The number of amides is 2. The minimum atomic E-state index is -0.522. The van der Waals surface area contributed by atoms with Gasteiger partial charge in [-0.05, 0) is 45.0 Å². The number of hydrogen-bond donors (Lipinski definition) is 1. The molecular formula is C22H27N3O3. The Morgan fingerprint density at radius 2 is 1.43 bits per heavy atom. The van der Waals surface area contributed by atoms with Crippen molar-refractivity contribution in [1.82, 2.24) is 9.80 Å². The Morgan fingerprint density at radius 3 is 2.07 bits per heavy atom. The lowest BCUT2D eigenvalue weighted by Gasteiger charge is -2.35. The number of ether oxygens (including phenoxy) is 1. The molecule has 1 fully saturated rings. The maximum atomic E-state index is 13.1. The van der Waals surface area contributed by atoms with Crippen molar-refractivity contribution in [2.24, 2.45) is 0 Å². The summed E-state index contributed by atoms with van der Waals surface area (Å²) in [4.78, 5) is 28.7. The van der Waals surface area contributed by atoms with Gasteiger partial charge in [0.2, 0.25) is 0 Å². The van der Waals surface area contributed by atoms with Crippen LogP contribution in [0.3, 0.4) is 0 Å². The first-order valence-electron chi connectivity index (χ1n) is 9.52. The lowest BCUT2D eigenvalue weighted by Crippen LogP contribution is -2.51. The van der Waals surface area contributed by atoms with Gasteiger partial charge in [-0.2, -0.15) is 0 Å². The normalized spacial score (nSPS) is 14.5. The first-order valence-corrected chi connectivity index (χ1v) is 9.52. The standard InChI is InChI=1S/C22H27N3O3/c1-22(2,3)28-21(27)25-15-13-24(14-16-25)20(26)18-11-7-8-12-19(18)23-17-9-5-4-6-10-17/h4-12,23H,13-16H2,1-3H3. The molecule has 0 atom stereocenters. The van der Waals surface area contributed by atoms with E-state index in [0.29, 0.717) is 31.7 Å². The van der Waals surface area contributed by atoms with Crippen molar-refractivity contribution >= 4 is 23.4 Å². The van der Waals surface area contributed by atoms with E-state index in [2.05, 4.69) is 5.32 Å². The van der Waals surface area contributed by atoms with Gasteiger partial charge >= 0.3 is 6.09 Å². The van der Waals surface area contributed by atoms with Crippen molar-refractivity contribution in [3.05, 3.63) is 60.2 Å². The molecule has 6 nitrogen and oxygen atoms in total. The molecule has 0 aromatic heterocycles. The topological polar surface area (TPSA) is 61.9 Å². The van der Waals surface area contributed by atoms with E-state index >= 15 is 0 Å². The van der Waals surface area contributed by atoms with Gasteiger partial charge in [0.05, 0.1) is 11.3 Å². The van der Waals surface area contributed by atoms with E-state index in [9.17, 15) is 9.59 Å². The van der Waals surface area contributed by atoms with E-state index in [0.717, 1.165) is 11.4 Å². The fourth-order valence-electron chi connectivity index (χ4n) is 3.04. The van der Waals surface area contributed by atoms with Crippen LogP contribution in [0.2, 0.25) is 0 Å². The van der Waals surface area contributed by atoms with E-state index in [1.807, 2.05) is 75.4 Å². The fraction of sp³-hybridized carbons (Fsp3) is 0.364. The number of nitrogens with one attached hydrogen (secondary N) is 1. The third-order valence-corrected chi connectivity index (χ3v) is 4.43. The molecule has 0 saturated carbocycles. The second-order valence-corrected chi connectivity index (χ2v) is 7.80. The summed E-state index contributed by atoms with van der Waals surface area (Å²) in [6.07, 6.45) is -0.328. The summed E-state index contributed by atoms with van der Waals surface area (Å²) in [7, 11) is 0. The highest BCUT2D eigenvalue weighted by Gasteiger charge is 2.28. The zero-order chi connectivity index (χ0) is 20.1. The first kappa shape index (κ1) is 19.7. The van der Waals surface area contributed by atoms with Crippen LogP contribution in [0.5, 0.6) is 0 Å². The average Bonchev–Trinajstić information content (AvgIpc) is 2.67. The second-order valence-electron chi connectivity index (χ2n) is 7.80. The highest BCUT2D eigenvalue weighted by Crippen LogP contribution is 2.23. The van der Waals surface area contributed by atoms with Crippen molar-refractivity contribution in [3.8, 4) is 0 Å². The van der Waals surface area contributed by atoms with Crippen LogP contribution in [0.15, 0.2) is 54.6 Å². The van der Waals surface area contributed by atoms with E-state index in [-0.39, 0.29) is 12.0 Å². The highest BCUT2D eigenvalue weighted by molar-refractivity contribution is 6.00. The third kappa shape index (κ3) is 5.03. The zero-order valence-corrected chi connectivity index (χ0v) is 16.6. The van der Waals surface area contributed by atoms with Crippen molar-refractivity contribution in [1.29, 1.82) is 0 Å². The Morgan fingerprint density at radius 1 is 0.857 bits per heavy atom. The van der Waals surface area contributed by atoms with E-state index in [4.69, 9.17) is 4.74 Å². The Labute approximate surface area is 166 Å². The Kier molecular flexibility index (Phi) is 5.87. The van der Waals surface area contributed by atoms with Crippen LogP contribution in [-0.4, -0.2) is 53.6 Å². The molecule has 1 aliphatic rings. The molecule has 0 radical (unpaired) electrons. The molecule has 1 heterocycles. The smallest absolute Gasteiger partial charge is 0.410 e. The van der Waals surface area contributed by atoms with Crippen LogP contribution in [0.25, 0.3) is 0 Å². The van der Waals surface area contributed by atoms with Gasteiger partial charge in [0, 0.05) is 31.9 Å². The highest BCUT2D eigenvalue weighted by atomic mass is 16.6. The van der Waals surface area contributed by atoms with Gasteiger partial charge in [0.1, 0.15) is 5.60 Å². The van der Waals surface area contributed by atoms with E-state index < -0.39 is 5.60 Å². The number of carbonyl (C=O) groups excluding carboxylic acids is 2. The number of rotatable bonds is 3. The van der Waals surface area contributed by atoms with Gasteiger partial charge in [0.25, 0.3) is 5.91 Å². The molecule has 148 valence electrons. The Bertz CT molecular complexity index is 822. The van der Waals surface area contributed by atoms with Crippen LogP contribution in [-0.2, 0) is 4.74 Å². The van der Waals surface area contributed by atoms with Gasteiger partial charge in [-0.3, -0.25) is 4.79 Å². The molecule has 28 heavy (non-hydrogen) atoms. The summed E-state index contributed by atoms with van der Waals surface area (Å²) in [5, 5.41) is 3.31. The molecule has 3 rings (SSSR count). The molecule has 0 aliphatic carbocycles. The number of anilines is 2. The summed E-state index contributed by atoms with van der Waals surface area (Å²) < 4.78 is 5.42. The number of hydrogen-bond acceptors (Lipinski definition) is 4. The lowest BCUT2D eigenvalue weighted by atomic mass is 10.1. The zero-order valence-electron chi connectivity index (χ0n) is 16.6. The Hall–Kier alpha value is -3.02. The molecule has 1 aliphatic heterocycles. The molecule has 2 aromatic carbocycles. The number of benzene rings is 2. The van der Waals surface area contributed by atoms with Gasteiger partial charge < -0.3 is 19.9 Å². The van der Waals surface area contributed by atoms with Crippen LogP contribution in [0.4, 0.5) is 16.2 Å². The minimum Gasteiger partial charge on any atom is -0.444 e. The molecule has 1 saturated heterocycles. The van der Waals surface area contributed by atoms with E-state index in [1.54, 1.807) is 9.80 Å². The van der Waals surface area contributed by atoms with Crippen LogP contribution >= 0.6 is 0 Å². The predicted molar refractivity (Wildman–Crippen MR) is 110 cm³/mol. The summed E-state index contributed by atoms with van der Waals surface area (Å²) >= 11 is 0. The maximum absolute atomic E-state index is 13.1. The quantitative estimate of drug-likeness (QED) is 0.869. The second kappa shape index (κ2) is 8.33. The van der Waals surface area contributed by atoms with Crippen molar-refractivity contribution in [2.75, 3.05) is 31.5 Å². The minimum absolute atomic E-state index is 0.0390. The first-order chi connectivity index (χ1) is 13.3. The molecule has 0 bridgehead atoms. The maximum Gasteiger partial charge on any atom is 0.410 e. The Balaban J connectivity index is 1.65. The molecule has 6 heteroatoms. The van der Waals surface area contributed by atoms with Crippen LogP contribution in [0.1, 0.15) is 31.1 Å². The third-order valence-electron chi connectivity index (χ3n) is 4.43. The van der Waals surface area contributed by atoms with Crippen LogP contribution in [0, 0.1) is 0 Å². The molecule has 2 aromatic rings. The predicted octanol–water partition coefficient (Wildman–Crippen LogP) is 4.12. The SMILES string of the molecule is CC(C)(C)OC(=O)N1CCN(C(=O)c2ccccc2Nc2ccccc2)CC1. The van der Waals surface area contributed by atoms with E-state index in [1.165, 1.54) is 0 Å². The van der Waals surface area contributed by atoms with Crippen molar-refractivity contribution in [2.45, 2.75) is 26.4 Å². The summed E-state index contributed by atoms with van der Waals surface area (Å²) in [5.74, 6) is -0.0390. The molecular weight excluding hydrogens is 354 g/mol. The van der Waals surface area contributed by atoms with Crippen LogP contribution < -0.4 is 5.32 Å². The van der Waals surface area contributed by atoms with Gasteiger partial charge in [0.15, 0.2) is 0 Å². The molecule has 0 unspecified atom stereocenters. The average molecular weight is 381 g/mol. The van der Waals surface area contributed by atoms with Crippen molar-refractivity contribution < 1.29 is 14.3 Å². The summed E-state index contributed by atoms with van der Waals surface area (Å²) in [5.41, 5.74) is 1.80. The monoisotopic (exact) mass is 381 g/mol. The number of nitrogens with zero attached hydrogens (tertiary/aromatic N) is 2. The largest absolute Gasteiger partial charge is 0.444 e. The fourth-order valence-corrected chi connectivity index (χ4v) is 3.04.